The van der Waals surface area contributed by atoms with Crippen molar-refractivity contribution in [2.75, 3.05) is 50.2 Å². The molecule has 1 aliphatic rings. The van der Waals surface area contributed by atoms with E-state index in [-0.39, 0.29) is 24.0 Å². The molecule has 152 valence electrons. The molecule has 1 fully saturated rings. The maximum Gasteiger partial charge on any atom is 0.277 e. The Balaban J connectivity index is 0.00000240. The molecule has 0 N–H and O–H groups in total. The second-order valence-corrected chi connectivity index (χ2v) is 7.45. The van der Waals surface area contributed by atoms with E-state index in [1.54, 1.807) is 0 Å². The number of aryl methyl sites for hydroxylation is 1. The number of halogens is 1. The Kier molecular flexibility index (Phi) is 7.14. The number of aromatic nitrogens is 1. The second kappa shape index (κ2) is 9.59. The van der Waals surface area contributed by atoms with Gasteiger partial charge >= 0.3 is 0 Å². The zero-order chi connectivity index (χ0) is 19.5. The van der Waals surface area contributed by atoms with Gasteiger partial charge in [0.25, 0.3) is 5.82 Å². The summed E-state index contributed by atoms with van der Waals surface area (Å²) >= 11 is 0. The molecule has 0 spiro atoms. The summed E-state index contributed by atoms with van der Waals surface area (Å²) < 4.78 is 7.84. The zero-order valence-corrected chi connectivity index (χ0v) is 19.5. The van der Waals surface area contributed by atoms with E-state index in [4.69, 9.17) is 4.74 Å². The third-order valence-corrected chi connectivity index (χ3v) is 5.40. The van der Waals surface area contributed by atoms with Crippen molar-refractivity contribution in [1.82, 2.24) is 0 Å². The Morgan fingerprint density at radius 1 is 0.966 bits per heavy atom. The lowest BCUT2D eigenvalue weighted by atomic mass is 10.1. The van der Waals surface area contributed by atoms with Crippen LogP contribution in [0.2, 0.25) is 0 Å². The van der Waals surface area contributed by atoms with Gasteiger partial charge in [-0.15, -0.1) is 0 Å². The van der Waals surface area contributed by atoms with E-state index in [1.807, 2.05) is 0 Å². The van der Waals surface area contributed by atoms with Crippen molar-refractivity contribution >= 4 is 34.6 Å². The number of pyridine rings is 1. The van der Waals surface area contributed by atoms with Crippen LogP contribution in [0.25, 0.3) is 23.1 Å². The average Bonchev–Trinajstić information content (AvgIpc) is 2.74. The molecule has 0 saturated carbocycles. The van der Waals surface area contributed by atoms with Gasteiger partial charge < -0.3 is 33.6 Å². The lowest BCUT2D eigenvalue weighted by Crippen LogP contribution is -3.00. The Morgan fingerprint density at radius 2 is 1.66 bits per heavy atom. The number of para-hydroxylation sites is 1. The van der Waals surface area contributed by atoms with Crippen LogP contribution >= 0.6 is 0 Å². The Labute approximate surface area is 190 Å². The lowest BCUT2D eigenvalue weighted by molar-refractivity contribution is -0.632. The molecule has 3 aromatic rings. The van der Waals surface area contributed by atoms with Crippen molar-refractivity contribution in [3.05, 3.63) is 65.7 Å². The fourth-order valence-electron chi connectivity index (χ4n) is 3.75. The van der Waals surface area contributed by atoms with Crippen molar-refractivity contribution in [3.63, 3.8) is 0 Å². The van der Waals surface area contributed by atoms with Gasteiger partial charge in [-0.2, -0.15) is 0 Å². The number of fused-ring (bicyclic) bond motifs is 1. The highest BCUT2D eigenvalue weighted by Gasteiger charge is 2.23. The predicted octanol–water partition coefficient (Wildman–Crippen LogP) is 0.741. The third-order valence-electron chi connectivity index (χ3n) is 5.40. The number of ether oxygens (including phenoxy) is 1. The van der Waals surface area contributed by atoms with Gasteiger partial charge in [-0.05, 0) is 29.3 Å². The van der Waals surface area contributed by atoms with E-state index < -0.39 is 0 Å². The van der Waals surface area contributed by atoms with Gasteiger partial charge in [-0.25, -0.2) is 4.57 Å². The van der Waals surface area contributed by atoms with Crippen LogP contribution in [0.5, 0.6) is 0 Å². The molecule has 0 radical (unpaired) electrons. The van der Waals surface area contributed by atoms with Crippen LogP contribution in [-0.2, 0) is 11.8 Å². The first-order valence-electron chi connectivity index (χ1n) is 9.83. The molecule has 4 nitrogen and oxygen atoms in total. The molecule has 0 unspecified atom stereocenters. The number of rotatable bonds is 4. The van der Waals surface area contributed by atoms with E-state index in [9.17, 15) is 0 Å². The van der Waals surface area contributed by atoms with Crippen LogP contribution in [0.4, 0.5) is 11.5 Å². The van der Waals surface area contributed by atoms with E-state index >= 15 is 0 Å². The first-order valence-corrected chi connectivity index (χ1v) is 9.83. The summed E-state index contributed by atoms with van der Waals surface area (Å²) in [6.07, 6.45) is 4.43. The number of nitrogens with zero attached hydrogens (tertiary/aromatic N) is 3. The summed E-state index contributed by atoms with van der Waals surface area (Å²) in [6, 6.07) is 19.6. The van der Waals surface area contributed by atoms with Gasteiger partial charge in [-0.1, -0.05) is 42.5 Å². The molecule has 2 heterocycles. The van der Waals surface area contributed by atoms with Crippen molar-refractivity contribution in [2.24, 2.45) is 7.05 Å². The summed E-state index contributed by atoms with van der Waals surface area (Å²) in [5.41, 5.74) is 4.90. The predicted molar refractivity (Wildman–Crippen MR) is 118 cm³/mol. The molecule has 0 amide bonds. The molecule has 1 aromatic heterocycles. The van der Waals surface area contributed by atoms with Crippen molar-refractivity contribution in [2.45, 2.75) is 0 Å². The maximum absolute atomic E-state index is 5.54. The van der Waals surface area contributed by atoms with E-state index in [0.717, 1.165) is 26.3 Å². The van der Waals surface area contributed by atoms with Gasteiger partial charge in [-0.3, -0.25) is 4.90 Å². The quantitative estimate of drug-likeness (QED) is 0.389. The highest BCUT2D eigenvalue weighted by Crippen LogP contribution is 2.24. The summed E-state index contributed by atoms with van der Waals surface area (Å²) in [6.45, 7) is 3.44. The molecule has 4 rings (SSSR count). The molecular formula is C24H28IN3O. The molecule has 0 aliphatic carbocycles. The SMILES string of the molecule is CN(C)c1ccc(/C=C/c2cc(N3CCOCC3)[n+](C)c3ccccc23)cc1.[I-]. The van der Waals surface area contributed by atoms with Crippen molar-refractivity contribution in [1.29, 1.82) is 0 Å². The minimum absolute atomic E-state index is 0. The minimum atomic E-state index is 0. The number of anilines is 2. The third kappa shape index (κ3) is 4.73. The summed E-state index contributed by atoms with van der Waals surface area (Å²) in [5, 5.41) is 1.27. The normalized spacial score (nSPS) is 14.2. The molecule has 0 atom stereocenters. The van der Waals surface area contributed by atoms with Crippen molar-refractivity contribution in [3.8, 4) is 0 Å². The molecular weight excluding hydrogens is 473 g/mol. The van der Waals surface area contributed by atoms with Crippen LogP contribution in [0.3, 0.4) is 0 Å². The maximum atomic E-state index is 5.54. The van der Waals surface area contributed by atoms with Gasteiger partial charge in [0.05, 0.1) is 20.3 Å². The fraction of sp³-hybridized carbons (Fsp3) is 0.292. The second-order valence-electron chi connectivity index (χ2n) is 7.45. The van der Waals surface area contributed by atoms with E-state index in [1.165, 1.54) is 33.5 Å². The number of morpholine rings is 1. The highest BCUT2D eigenvalue weighted by atomic mass is 127. The van der Waals surface area contributed by atoms with Crippen LogP contribution in [0.15, 0.2) is 54.6 Å². The first kappa shape index (κ1) is 21.6. The highest BCUT2D eigenvalue weighted by molar-refractivity contribution is 5.90. The number of benzene rings is 2. The first-order chi connectivity index (χ1) is 13.6. The average molecular weight is 501 g/mol. The molecule has 1 saturated heterocycles. The van der Waals surface area contributed by atoms with Crippen molar-refractivity contribution < 1.29 is 33.3 Å². The lowest BCUT2D eigenvalue weighted by Gasteiger charge is -2.24. The summed E-state index contributed by atoms with van der Waals surface area (Å²) in [5.74, 6) is 1.24. The van der Waals surface area contributed by atoms with Gasteiger partial charge in [0.1, 0.15) is 18.6 Å². The molecule has 1 aliphatic heterocycles. The van der Waals surface area contributed by atoms with Crippen LogP contribution in [0.1, 0.15) is 11.1 Å². The Bertz CT molecular complexity index is 993. The molecule has 0 bridgehead atoms. The fourth-order valence-corrected chi connectivity index (χ4v) is 3.75. The number of hydrogen-bond donors (Lipinski definition) is 0. The van der Waals surface area contributed by atoms with Gasteiger partial charge in [0.2, 0.25) is 0 Å². The summed E-state index contributed by atoms with van der Waals surface area (Å²) in [7, 11) is 6.28. The zero-order valence-electron chi connectivity index (χ0n) is 17.3. The Hall–Kier alpha value is -2.12. The topological polar surface area (TPSA) is 19.6 Å². The largest absolute Gasteiger partial charge is 1.00 e. The molecule has 5 heteroatoms. The monoisotopic (exact) mass is 501 g/mol. The standard InChI is InChI=1S/C24H28N3O.HI/c1-25(2)21-12-9-19(10-13-21)8-11-20-18-24(27-14-16-28-17-15-27)26(3)23-7-5-4-6-22(20)23;/h4-13,18H,14-17H2,1-3H3;1H/q+1;/p-1. The minimum Gasteiger partial charge on any atom is -1.00 e. The van der Waals surface area contributed by atoms with Crippen LogP contribution in [-0.4, -0.2) is 40.4 Å². The number of hydrogen-bond acceptors (Lipinski definition) is 3. The van der Waals surface area contributed by atoms with E-state index in [0.29, 0.717) is 0 Å². The van der Waals surface area contributed by atoms with E-state index in [2.05, 4.69) is 102 Å². The smallest absolute Gasteiger partial charge is 0.277 e. The van der Waals surface area contributed by atoms with Gasteiger partial charge in [0.15, 0.2) is 0 Å². The van der Waals surface area contributed by atoms with Crippen LogP contribution < -0.4 is 38.3 Å². The summed E-state index contributed by atoms with van der Waals surface area (Å²) in [4.78, 5) is 4.53. The molecule has 29 heavy (non-hydrogen) atoms. The van der Waals surface area contributed by atoms with Gasteiger partial charge in [0, 0.05) is 31.2 Å². The Morgan fingerprint density at radius 3 is 2.34 bits per heavy atom. The van der Waals surface area contributed by atoms with Crippen LogP contribution in [0, 0.1) is 0 Å². The molecule has 2 aromatic carbocycles.